The highest BCUT2D eigenvalue weighted by molar-refractivity contribution is 6.23. The van der Waals surface area contributed by atoms with Crippen LogP contribution in [0.5, 0.6) is 0 Å². The van der Waals surface area contributed by atoms with Crippen molar-refractivity contribution >= 4 is 23.6 Å². The average molecular weight is 382 g/mol. The molecule has 0 radical (unpaired) electrons. The largest absolute Gasteiger partial charge is 0.330 e. The van der Waals surface area contributed by atoms with Crippen LogP contribution in [0.1, 0.15) is 45.5 Å². The number of fused-ring (bicyclic) bond motifs is 2. The van der Waals surface area contributed by atoms with Gasteiger partial charge in [-0.3, -0.25) is 34.3 Å². The molecule has 3 fully saturated rings. The van der Waals surface area contributed by atoms with Crippen molar-refractivity contribution in [3.05, 3.63) is 34.9 Å². The molecule has 0 aromatic heterocycles. The molecule has 146 valence electrons. The van der Waals surface area contributed by atoms with Crippen molar-refractivity contribution in [2.75, 3.05) is 19.6 Å². The van der Waals surface area contributed by atoms with Crippen molar-refractivity contribution in [2.45, 2.75) is 31.8 Å². The van der Waals surface area contributed by atoms with E-state index in [1.807, 2.05) is 6.07 Å². The van der Waals surface area contributed by atoms with E-state index in [-0.39, 0.29) is 24.2 Å². The van der Waals surface area contributed by atoms with Gasteiger partial charge in [-0.1, -0.05) is 6.07 Å². The highest BCUT2D eigenvalue weighted by Crippen LogP contribution is 2.57. The third-order valence-corrected chi connectivity index (χ3v) is 6.69. The van der Waals surface area contributed by atoms with Crippen molar-refractivity contribution < 1.29 is 19.2 Å². The van der Waals surface area contributed by atoms with E-state index < -0.39 is 23.8 Å². The lowest BCUT2D eigenvalue weighted by atomic mass is 10.0. The monoisotopic (exact) mass is 382 g/mol. The maximum Gasteiger partial charge on any atom is 0.262 e. The summed E-state index contributed by atoms with van der Waals surface area (Å²) in [6.07, 6.45) is 1.49. The minimum atomic E-state index is -0.927. The van der Waals surface area contributed by atoms with Crippen LogP contribution in [-0.4, -0.2) is 59.1 Å². The summed E-state index contributed by atoms with van der Waals surface area (Å²) >= 11 is 0. The van der Waals surface area contributed by atoms with E-state index in [2.05, 4.69) is 10.2 Å². The number of amides is 4. The van der Waals surface area contributed by atoms with Crippen LogP contribution in [0.15, 0.2) is 18.2 Å². The second kappa shape index (κ2) is 5.96. The van der Waals surface area contributed by atoms with Crippen molar-refractivity contribution in [3.63, 3.8) is 0 Å². The molecule has 1 aliphatic carbocycles. The number of carbonyl (C=O) groups is 4. The van der Waals surface area contributed by atoms with Crippen LogP contribution in [0.2, 0.25) is 0 Å². The van der Waals surface area contributed by atoms with Gasteiger partial charge in [0.15, 0.2) is 0 Å². The summed E-state index contributed by atoms with van der Waals surface area (Å²) in [5.41, 5.74) is 7.82. The summed E-state index contributed by atoms with van der Waals surface area (Å²) in [4.78, 5) is 52.5. The Hall–Kier alpha value is -2.58. The van der Waals surface area contributed by atoms with Gasteiger partial charge in [0.2, 0.25) is 11.8 Å². The van der Waals surface area contributed by atoms with Crippen LogP contribution in [0, 0.1) is 11.3 Å². The standard InChI is InChI=1S/C20H22N4O4/c21-9-20-6-12(20)8-23(10-20)7-11-1-2-13-14(5-11)19(28)24(18(13)27)15-3-4-16(25)22-17(15)26/h1-2,5,12,15H,3-4,6-10,21H2,(H,22,25,26)/t12-,15?,20-/m0/s1. The lowest BCUT2D eigenvalue weighted by Crippen LogP contribution is -2.54. The first kappa shape index (κ1) is 17.5. The van der Waals surface area contributed by atoms with Crippen molar-refractivity contribution in [1.82, 2.24) is 15.1 Å². The molecule has 8 nitrogen and oxygen atoms in total. The number of benzene rings is 1. The maximum atomic E-state index is 12.9. The SMILES string of the molecule is NC[C@]12C[C@H]1CN(Cc1ccc3c(c1)C(=O)N(C1CCC(=O)NC1=O)C3=O)C2. The van der Waals surface area contributed by atoms with Gasteiger partial charge in [-0.15, -0.1) is 0 Å². The molecule has 28 heavy (non-hydrogen) atoms. The molecule has 3 aliphatic heterocycles. The molecule has 3 heterocycles. The van der Waals surface area contributed by atoms with E-state index in [9.17, 15) is 19.2 Å². The summed E-state index contributed by atoms with van der Waals surface area (Å²) < 4.78 is 0. The fraction of sp³-hybridized carbons (Fsp3) is 0.500. The molecule has 5 rings (SSSR count). The van der Waals surface area contributed by atoms with E-state index in [0.29, 0.717) is 30.1 Å². The van der Waals surface area contributed by atoms with Crippen LogP contribution >= 0.6 is 0 Å². The first-order valence-electron chi connectivity index (χ1n) is 9.69. The van der Waals surface area contributed by atoms with Crippen molar-refractivity contribution in [1.29, 1.82) is 0 Å². The number of nitrogens with one attached hydrogen (secondary N) is 1. The quantitative estimate of drug-likeness (QED) is 0.702. The van der Waals surface area contributed by atoms with Gasteiger partial charge in [0.05, 0.1) is 11.1 Å². The summed E-state index contributed by atoms with van der Waals surface area (Å²) in [5, 5.41) is 2.21. The van der Waals surface area contributed by atoms with Gasteiger partial charge in [0, 0.05) is 26.1 Å². The Labute approximate surface area is 162 Å². The van der Waals surface area contributed by atoms with Crippen molar-refractivity contribution in [3.8, 4) is 0 Å². The third kappa shape index (κ3) is 2.51. The Balaban J connectivity index is 1.35. The zero-order valence-corrected chi connectivity index (χ0v) is 15.4. The second-order valence-corrected chi connectivity index (χ2v) is 8.46. The maximum absolute atomic E-state index is 12.9. The summed E-state index contributed by atoms with van der Waals surface area (Å²) in [6, 6.07) is 4.38. The minimum absolute atomic E-state index is 0.119. The van der Waals surface area contributed by atoms with Crippen LogP contribution in [-0.2, 0) is 16.1 Å². The second-order valence-electron chi connectivity index (χ2n) is 8.46. The summed E-state index contributed by atoms with van der Waals surface area (Å²) in [6.45, 7) is 3.42. The molecule has 4 amide bonds. The Morgan fingerprint density at radius 1 is 1.14 bits per heavy atom. The topological polar surface area (TPSA) is 113 Å². The van der Waals surface area contributed by atoms with E-state index in [1.165, 1.54) is 6.42 Å². The highest BCUT2D eigenvalue weighted by atomic mass is 16.2. The van der Waals surface area contributed by atoms with Crippen molar-refractivity contribution in [2.24, 2.45) is 17.1 Å². The highest BCUT2D eigenvalue weighted by Gasteiger charge is 2.58. The number of imide groups is 2. The number of hydrogen-bond donors (Lipinski definition) is 2. The Kier molecular flexibility index (Phi) is 3.73. The Morgan fingerprint density at radius 3 is 2.64 bits per heavy atom. The number of nitrogens with zero attached hydrogens (tertiary/aromatic N) is 2. The molecule has 0 bridgehead atoms. The summed E-state index contributed by atoms with van der Waals surface area (Å²) in [5.74, 6) is -1.21. The molecule has 4 aliphatic rings. The van der Waals surface area contributed by atoms with E-state index >= 15 is 0 Å². The molecular weight excluding hydrogens is 360 g/mol. The van der Waals surface area contributed by atoms with Gasteiger partial charge in [0.25, 0.3) is 11.8 Å². The molecule has 3 atom stereocenters. The molecule has 1 aromatic rings. The smallest absolute Gasteiger partial charge is 0.262 e. The van der Waals surface area contributed by atoms with E-state index in [1.54, 1.807) is 12.1 Å². The molecule has 1 unspecified atom stereocenters. The van der Waals surface area contributed by atoms with Gasteiger partial charge in [-0.2, -0.15) is 0 Å². The van der Waals surface area contributed by atoms with Gasteiger partial charge in [-0.05, 0) is 48.4 Å². The average Bonchev–Trinajstić information content (AvgIpc) is 3.14. The molecule has 1 aromatic carbocycles. The number of hydrogen-bond acceptors (Lipinski definition) is 6. The fourth-order valence-corrected chi connectivity index (χ4v) is 5.01. The van der Waals surface area contributed by atoms with Crippen LogP contribution in [0.4, 0.5) is 0 Å². The fourth-order valence-electron chi connectivity index (χ4n) is 5.01. The van der Waals surface area contributed by atoms with Crippen LogP contribution < -0.4 is 11.1 Å². The van der Waals surface area contributed by atoms with Crippen LogP contribution in [0.3, 0.4) is 0 Å². The zero-order chi connectivity index (χ0) is 19.6. The first-order chi connectivity index (χ1) is 13.4. The molecule has 8 heteroatoms. The molecular formula is C20H22N4O4. The number of piperidine rings is 2. The van der Waals surface area contributed by atoms with Gasteiger partial charge < -0.3 is 5.73 Å². The van der Waals surface area contributed by atoms with Gasteiger partial charge >= 0.3 is 0 Å². The normalized spacial score (nSPS) is 31.8. The summed E-state index contributed by atoms with van der Waals surface area (Å²) in [7, 11) is 0. The Bertz CT molecular complexity index is 925. The lowest BCUT2D eigenvalue weighted by Gasteiger charge is -2.27. The number of carbonyl (C=O) groups excluding carboxylic acids is 4. The van der Waals surface area contributed by atoms with E-state index in [4.69, 9.17) is 5.73 Å². The van der Waals surface area contributed by atoms with Gasteiger partial charge in [-0.25, -0.2) is 0 Å². The predicted octanol–water partition coefficient (Wildman–Crippen LogP) is -0.132. The number of rotatable bonds is 4. The predicted molar refractivity (Wildman–Crippen MR) is 98.0 cm³/mol. The Morgan fingerprint density at radius 2 is 1.93 bits per heavy atom. The molecule has 1 saturated carbocycles. The minimum Gasteiger partial charge on any atom is -0.330 e. The number of likely N-dealkylation sites (tertiary alicyclic amines) is 1. The lowest BCUT2D eigenvalue weighted by molar-refractivity contribution is -0.136. The zero-order valence-electron chi connectivity index (χ0n) is 15.4. The molecule has 0 spiro atoms. The van der Waals surface area contributed by atoms with Gasteiger partial charge in [0.1, 0.15) is 6.04 Å². The first-order valence-corrected chi connectivity index (χ1v) is 9.69. The number of nitrogens with two attached hydrogens (primary N) is 1. The van der Waals surface area contributed by atoms with Crippen LogP contribution in [0.25, 0.3) is 0 Å². The molecule has 3 N–H and O–H groups in total. The van der Waals surface area contributed by atoms with E-state index in [0.717, 1.165) is 23.6 Å². The third-order valence-electron chi connectivity index (χ3n) is 6.69. The molecule has 2 saturated heterocycles.